The number of hydrogen-bond acceptors (Lipinski definition) is 3. The van der Waals surface area contributed by atoms with Gasteiger partial charge in [-0.25, -0.2) is 0 Å². The highest BCUT2D eigenvalue weighted by Gasteiger charge is 2.34. The summed E-state index contributed by atoms with van der Waals surface area (Å²) in [6.07, 6.45) is 1.76. The molecular formula is C11H21NO3. The lowest BCUT2D eigenvalue weighted by Crippen LogP contribution is -2.43. The van der Waals surface area contributed by atoms with E-state index in [-0.39, 0.29) is 11.5 Å². The molecule has 4 nitrogen and oxygen atoms in total. The SMILES string of the molecule is COCC(C)(C)CN1CCCC1C(=O)O. The number of hydrogen-bond donors (Lipinski definition) is 1. The monoisotopic (exact) mass is 215 g/mol. The largest absolute Gasteiger partial charge is 0.480 e. The smallest absolute Gasteiger partial charge is 0.320 e. The third kappa shape index (κ3) is 3.47. The number of rotatable bonds is 5. The highest BCUT2D eigenvalue weighted by Crippen LogP contribution is 2.24. The zero-order chi connectivity index (χ0) is 11.5. The van der Waals surface area contributed by atoms with Crippen molar-refractivity contribution in [2.24, 2.45) is 5.41 Å². The van der Waals surface area contributed by atoms with E-state index in [1.54, 1.807) is 7.11 Å². The number of carboxylic acid groups (broad SMARTS) is 1. The second-order valence-corrected chi connectivity index (χ2v) is 5.06. The second-order valence-electron chi connectivity index (χ2n) is 5.06. The molecule has 4 heteroatoms. The molecule has 0 aromatic heterocycles. The summed E-state index contributed by atoms with van der Waals surface area (Å²) in [5, 5.41) is 9.04. The first-order chi connectivity index (χ1) is 6.96. The second kappa shape index (κ2) is 4.94. The Hall–Kier alpha value is -0.610. The Kier molecular flexibility index (Phi) is 4.11. The van der Waals surface area contributed by atoms with Gasteiger partial charge in [0.05, 0.1) is 6.61 Å². The first kappa shape index (κ1) is 12.5. The molecule has 1 aliphatic heterocycles. The maximum Gasteiger partial charge on any atom is 0.320 e. The lowest BCUT2D eigenvalue weighted by molar-refractivity contribution is -0.142. The van der Waals surface area contributed by atoms with E-state index in [1.165, 1.54) is 0 Å². The van der Waals surface area contributed by atoms with Crippen LogP contribution in [0.15, 0.2) is 0 Å². The minimum Gasteiger partial charge on any atom is -0.480 e. The molecule has 0 saturated carbocycles. The summed E-state index contributed by atoms with van der Waals surface area (Å²) in [6, 6.07) is -0.291. The normalized spacial score (nSPS) is 23.3. The third-order valence-electron chi connectivity index (χ3n) is 2.81. The van der Waals surface area contributed by atoms with Gasteiger partial charge in [-0.3, -0.25) is 9.69 Å². The van der Waals surface area contributed by atoms with E-state index in [4.69, 9.17) is 9.84 Å². The summed E-state index contributed by atoms with van der Waals surface area (Å²) in [7, 11) is 1.68. The van der Waals surface area contributed by atoms with Gasteiger partial charge in [-0.1, -0.05) is 13.8 Å². The van der Waals surface area contributed by atoms with E-state index in [0.717, 1.165) is 25.9 Å². The molecule has 1 rings (SSSR count). The molecule has 0 radical (unpaired) electrons. The first-order valence-corrected chi connectivity index (χ1v) is 5.42. The summed E-state index contributed by atoms with van der Waals surface area (Å²) in [5.74, 6) is -0.694. The first-order valence-electron chi connectivity index (χ1n) is 5.42. The number of nitrogens with zero attached hydrogens (tertiary/aromatic N) is 1. The van der Waals surface area contributed by atoms with Crippen LogP contribution in [-0.2, 0) is 9.53 Å². The van der Waals surface area contributed by atoms with Crippen LogP contribution in [-0.4, -0.2) is 48.8 Å². The molecule has 1 unspecified atom stereocenters. The predicted molar refractivity (Wildman–Crippen MR) is 57.9 cm³/mol. The molecule has 1 atom stereocenters. The lowest BCUT2D eigenvalue weighted by Gasteiger charge is -2.31. The van der Waals surface area contributed by atoms with Gasteiger partial charge >= 0.3 is 5.97 Å². The molecule has 0 aromatic rings. The number of likely N-dealkylation sites (tertiary alicyclic amines) is 1. The zero-order valence-corrected chi connectivity index (χ0v) is 9.82. The van der Waals surface area contributed by atoms with Crippen molar-refractivity contribution in [3.63, 3.8) is 0 Å². The van der Waals surface area contributed by atoms with Crippen molar-refractivity contribution in [1.29, 1.82) is 0 Å². The van der Waals surface area contributed by atoms with Crippen molar-refractivity contribution in [2.45, 2.75) is 32.7 Å². The van der Waals surface area contributed by atoms with Crippen LogP contribution in [0.5, 0.6) is 0 Å². The van der Waals surface area contributed by atoms with Crippen molar-refractivity contribution in [3.05, 3.63) is 0 Å². The van der Waals surface area contributed by atoms with Gasteiger partial charge in [-0.2, -0.15) is 0 Å². The van der Waals surface area contributed by atoms with E-state index >= 15 is 0 Å². The molecule has 0 aliphatic carbocycles. The minimum absolute atomic E-state index is 0.0206. The Morgan fingerprint density at radius 2 is 2.27 bits per heavy atom. The van der Waals surface area contributed by atoms with E-state index in [1.807, 2.05) is 0 Å². The van der Waals surface area contributed by atoms with E-state index < -0.39 is 5.97 Å². The Balaban J connectivity index is 2.53. The predicted octanol–water partition coefficient (Wildman–Crippen LogP) is 1.21. The van der Waals surface area contributed by atoms with Crippen molar-refractivity contribution >= 4 is 5.97 Å². The standard InChI is InChI=1S/C11H21NO3/c1-11(2,8-15-3)7-12-6-4-5-9(12)10(13)14/h9H,4-8H2,1-3H3,(H,13,14). The van der Waals surface area contributed by atoms with Crippen LogP contribution in [0.4, 0.5) is 0 Å². The van der Waals surface area contributed by atoms with Crippen molar-refractivity contribution in [2.75, 3.05) is 26.8 Å². The molecule has 1 saturated heterocycles. The number of methoxy groups -OCH3 is 1. The maximum atomic E-state index is 11.0. The molecule has 1 N–H and O–H groups in total. The highest BCUT2D eigenvalue weighted by molar-refractivity contribution is 5.73. The number of carbonyl (C=O) groups is 1. The summed E-state index contributed by atoms with van der Waals surface area (Å²) < 4.78 is 5.14. The summed E-state index contributed by atoms with van der Waals surface area (Å²) in [4.78, 5) is 13.0. The molecule has 1 aliphatic rings. The van der Waals surface area contributed by atoms with Gasteiger partial charge in [0.25, 0.3) is 0 Å². The molecule has 0 amide bonds. The number of carboxylic acids is 1. The quantitative estimate of drug-likeness (QED) is 0.749. The van der Waals surface area contributed by atoms with E-state index in [0.29, 0.717) is 6.61 Å². The maximum absolute atomic E-state index is 11.0. The van der Waals surface area contributed by atoms with Crippen molar-refractivity contribution < 1.29 is 14.6 Å². The van der Waals surface area contributed by atoms with Gasteiger partial charge in [-0.15, -0.1) is 0 Å². The number of ether oxygens (including phenoxy) is 1. The van der Waals surface area contributed by atoms with Gasteiger partial charge in [0.2, 0.25) is 0 Å². The minimum atomic E-state index is -0.694. The van der Waals surface area contributed by atoms with E-state index in [2.05, 4.69) is 18.7 Å². The Morgan fingerprint density at radius 1 is 1.60 bits per heavy atom. The van der Waals surface area contributed by atoms with Gasteiger partial charge in [-0.05, 0) is 19.4 Å². The van der Waals surface area contributed by atoms with Gasteiger partial charge < -0.3 is 9.84 Å². The van der Waals surface area contributed by atoms with Crippen LogP contribution in [0.3, 0.4) is 0 Å². The molecule has 0 aromatic carbocycles. The van der Waals surface area contributed by atoms with Gasteiger partial charge in [0.1, 0.15) is 6.04 Å². The van der Waals surface area contributed by atoms with Gasteiger partial charge in [0.15, 0.2) is 0 Å². The molecule has 0 bridgehead atoms. The lowest BCUT2D eigenvalue weighted by atomic mass is 9.93. The van der Waals surface area contributed by atoms with Crippen LogP contribution in [0.1, 0.15) is 26.7 Å². The number of aliphatic carboxylic acids is 1. The van der Waals surface area contributed by atoms with E-state index in [9.17, 15) is 4.79 Å². The topological polar surface area (TPSA) is 49.8 Å². The fourth-order valence-electron chi connectivity index (χ4n) is 2.28. The summed E-state index contributed by atoms with van der Waals surface area (Å²) >= 11 is 0. The average Bonchev–Trinajstić information content (AvgIpc) is 2.50. The zero-order valence-electron chi connectivity index (χ0n) is 9.82. The molecular weight excluding hydrogens is 194 g/mol. The molecule has 1 fully saturated rings. The molecule has 15 heavy (non-hydrogen) atoms. The Morgan fingerprint density at radius 3 is 2.80 bits per heavy atom. The average molecular weight is 215 g/mol. The Bertz CT molecular complexity index is 228. The van der Waals surface area contributed by atoms with Crippen molar-refractivity contribution in [3.8, 4) is 0 Å². The third-order valence-corrected chi connectivity index (χ3v) is 2.81. The molecule has 1 heterocycles. The van der Waals surface area contributed by atoms with Crippen LogP contribution in [0.2, 0.25) is 0 Å². The van der Waals surface area contributed by atoms with Gasteiger partial charge in [0, 0.05) is 19.1 Å². The fraction of sp³-hybridized carbons (Fsp3) is 0.909. The Labute approximate surface area is 91.2 Å². The van der Waals surface area contributed by atoms with Crippen molar-refractivity contribution in [1.82, 2.24) is 4.90 Å². The summed E-state index contributed by atoms with van der Waals surface area (Å²) in [6.45, 7) is 6.55. The highest BCUT2D eigenvalue weighted by atomic mass is 16.5. The van der Waals surface area contributed by atoms with Crippen LogP contribution in [0, 0.1) is 5.41 Å². The van der Waals surface area contributed by atoms with Crippen LogP contribution >= 0.6 is 0 Å². The fourth-order valence-corrected chi connectivity index (χ4v) is 2.28. The summed E-state index contributed by atoms with van der Waals surface area (Å²) in [5.41, 5.74) is 0.0206. The molecule has 0 spiro atoms. The van der Waals surface area contributed by atoms with Crippen LogP contribution < -0.4 is 0 Å². The molecule has 88 valence electrons. The van der Waals surface area contributed by atoms with Crippen LogP contribution in [0.25, 0.3) is 0 Å².